The Labute approximate surface area is 148 Å². The molecular weight excluding hydrogens is 352 g/mol. The SMILES string of the molecule is Cc1cc(OCCNC(=O)Cc2nc(CC(=O)[O-])cs2)ccc1Cl. The second kappa shape index (κ2) is 8.65. The Hall–Kier alpha value is -2.12. The van der Waals surface area contributed by atoms with E-state index in [4.69, 9.17) is 16.3 Å². The summed E-state index contributed by atoms with van der Waals surface area (Å²) in [7, 11) is 0. The van der Waals surface area contributed by atoms with E-state index < -0.39 is 5.97 Å². The number of aryl methyl sites for hydroxylation is 1. The van der Waals surface area contributed by atoms with Gasteiger partial charge in [0.15, 0.2) is 0 Å². The molecule has 6 nitrogen and oxygen atoms in total. The summed E-state index contributed by atoms with van der Waals surface area (Å²) in [5.74, 6) is -0.691. The number of nitrogens with zero attached hydrogens (tertiary/aromatic N) is 1. The molecule has 1 amide bonds. The Morgan fingerprint density at radius 3 is 2.88 bits per heavy atom. The lowest BCUT2D eigenvalue weighted by Crippen LogP contribution is -2.29. The predicted octanol–water partition coefficient (Wildman–Crippen LogP) is 1.14. The number of aliphatic carboxylic acids is 1. The van der Waals surface area contributed by atoms with E-state index in [1.165, 1.54) is 11.3 Å². The van der Waals surface area contributed by atoms with Gasteiger partial charge in [0.05, 0.1) is 18.7 Å². The maximum absolute atomic E-state index is 11.8. The van der Waals surface area contributed by atoms with Gasteiger partial charge in [-0.25, -0.2) is 4.98 Å². The van der Waals surface area contributed by atoms with Crippen molar-refractivity contribution in [2.24, 2.45) is 0 Å². The minimum Gasteiger partial charge on any atom is -0.550 e. The third kappa shape index (κ3) is 5.82. The van der Waals surface area contributed by atoms with E-state index in [9.17, 15) is 14.7 Å². The molecule has 0 aliphatic rings. The summed E-state index contributed by atoms with van der Waals surface area (Å²) in [6.07, 6.45) is -0.135. The fraction of sp³-hybridized carbons (Fsp3) is 0.312. The molecule has 128 valence electrons. The van der Waals surface area contributed by atoms with Crippen LogP contribution in [0.15, 0.2) is 23.6 Å². The number of carboxylic acid groups (broad SMARTS) is 1. The van der Waals surface area contributed by atoms with Crippen molar-refractivity contribution in [1.82, 2.24) is 10.3 Å². The molecular formula is C16H16ClN2O4S-. The van der Waals surface area contributed by atoms with Gasteiger partial charge < -0.3 is 20.0 Å². The summed E-state index contributed by atoms with van der Waals surface area (Å²) in [6, 6.07) is 5.36. The lowest BCUT2D eigenvalue weighted by atomic mass is 10.2. The van der Waals surface area contributed by atoms with Crippen LogP contribution in [0.25, 0.3) is 0 Å². The van der Waals surface area contributed by atoms with Crippen molar-refractivity contribution < 1.29 is 19.4 Å². The molecule has 0 aliphatic carbocycles. The van der Waals surface area contributed by atoms with Crippen LogP contribution in [0.3, 0.4) is 0 Å². The van der Waals surface area contributed by atoms with Crippen molar-refractivity contribution >= 4 is 34.8 Å². The molecule has 2 rings (SSSR count). The molecule has 0 unspecified atom stereocenters. The van der Waals surface area contributed by atoms with E-state index in [0.717, 1.165) is 5.56 Å². The first kappa shape index (κ1) is 18.2. The summed E-state index contributed by atoms with van der Waals surface area (Å²) in [6.45, 7) is 2.58. The number of benzene rings is 1. The third-order valence-electron chi connectivity index (χ3n) is 3.06. The van der Waals surface area contributed by atoms with Crippen molar-refractivity contribution in [2.75, 3.05) is 13.2 Å². The number of carbonyl (C=O) groups excluding carboxylic acids is 2. The summed E-state index contributed by atoms with van der Waals surface area (Å²) < 4.78 is 5.53. The standard InChI is InChI=1S/C16H17ClN2O4S/c1-10-6-12(2-3-13(10)17)23-5-4-18-14(20)8-15-19-11(9-24-15)7-16(21)22/h2-3,6,9H,4-5,7-8H2,1H3,(H,18,20)(H,21,22)/p-1. The molecule has 1 aromatic heterocycles. The van der Waals surface area contributed by atoms with E-state index in [-0.39, 0.29) is 18.7 Å². The number of amides is 1. The quantitative estimate of drug-likeness (QED) is 0.706. The highest BCUT2D eigenvalue weighted by molar-refractivity contribution is 7.09. The van der Waals surface area contributed by atoms with Gasteiger partial charge in [0.2, 0.25) is 5.91 Å². The van der Waals surface area contributed by atoms with Crippen molar-refractivity contribution in [3.05, 3.63) is 44.9 Å². The number of carbonyl (C=O) groups is 2. The van der Waals surface area contributed by atoms with Crippen LogP contribution in [0.2, 0.25) is 5.02 Å². The lowest BCUT2D eigenvalue weighted by molar-refractivity contribution is -0.304. The molecule has 1 N–H and O–H groups in total. The van der Waals surface area contributed by atoms with Crippen molar-refractivity contribution in [1.29, 1.82) is 0 Å². The van der Waals surface area contributed by atoms with E-state index in [2.05, 4.69) is 10.3 Å². The van der Waals surface area contributed by atoms with Crippen LogP contribution >= 0.6 is 22.9 Å². The molecule has 1 heterocycles. The van der Waals surface area contributed by atoms with Crippen LogP contribution in [-0.2, 0) is 22.4 Å². The Bertz CT molecular complexity index is 733. The van der Waals surface area contributed by atoms with E-state index in [0.29, 0.717) is 34.6 Å². The van der Waals surface area contributed by atoms with E-state index in [1.807, 2.05) is 13.0 Å². The Morgan fingerprint density at radius 2 is 2.17 bits per heavy atom. The first-order chi connectivity index (χ1) is 11.4. The second-order valence-corrected chi connectivity index (χ2v) is 6.42. The summed E-state index contributed by atoms with van der Waals surface area (Å²) in [4.78, 5) is 26.4. The number of ether oxygens (including phenoxy) is 1. The zero-order chi connectivity index (χ0) is 17.5. The molecule has 8 heteroatoms. The molecule has 0 radical (unpaired) electrons. The van der Waals surface area contributed by atoms with Gasteiger partial charge in [-0.3, -0.25) is 4.79 Å². The number of hydrogen-bond donors (Lipinski definition) is 1. The van der Waals surface area contributed by atoms with E-state index in [1.54, 1.807) is 17.5 Å². The average Bonchev–Trinajstić information content (AvgIpc) is 2.93. The van der Waals surface area contributed by atoms with Crippen LogP contribution in [0.1, 0.15) is 16.3 Å². The van der Waals surface area contributed by atoms with Crippen LogP contribution in [0, 0.1) is 6.92 Å². The number of aromatic nitrogens is 1. The minimum atomic E-state index is -1.19. The molecule has 0 bridgehead atoms. The minimum absolute atomic E-state index is 0.109. The second-order valence-electron chi connectivity index (χ2n) is 5.07. The van der Waals surface area contributed by atoms with Gasteiger partial charge in [-0.15, -0.1) is 11.3 Å². The highest BCUT2D eigenvalue weighted by Gasteiger charge is 2.08. The maximum Gasteiger partial charge on any atom is 0.226 e. The molecule has 0 atom stereocenters. The molecule has 0 fully saturated rings. The van der Waals surface area contributed by atoms with Gasteiger partial charge in [-0.05, 0) is 30.7 Å². The molecule has 24 heavy (non-hydrogen) atoms. The molecule has 2 aromatic rings. The van der Waals surface area contributed by atoms with Crippen molar-refractivity contribution in [3.63, 3.8) is 0 Å². The van der Waals surface area contributed by atoms with Crippen molar-refractivity contribution in [3.8, 4) is 5.75 Å². The molecule has 0 spiro atoms. The van der Waals surface area contributed by atoms with Gasteiger partial charge in [0, 0.05) is 22.8 Å². The number of rotatable bonds is 8. The summed E-state index contributed by atoms with van der Waals surface area (Å²) in [5.41, 5.74) is 1.33. The van der Waals surface area contributed by atoms with Crippen molar-refractivity contribution in [2.45, 2.75) is 19.8 Å². The molecule has 0 saturated heterocycles. The van der Waals surface area contributed by atoms with Crippen LogP contribution in [-0.4, -0.2) is 30.0 Å². The predicted molar refractivity (Wildman–Crippen MR) is 89.2 cm³/mol. The topological polar surface area (TPSA) is 91.3 Å². The number of nitrogens with one attached hydrogen (secondary N) is 1. The fourth-order valence-corrected chi connectivity index (χ4v) is 2.84. The Balaban J connectivity index is 1.70. The van der Waals surface area contributed by atoms with Gasteiger partial charge >= 0.3 is 0 Å². The summed E-state index contributed by atoms with van der Waals surface area (Å²) >= 11 is 7.19. The number of halogens is 1. The van der Waals surface area contributed by atoms with Gasteiger partial charge in [0.25, 0.3) is 0 Å². The number of carboxylic acids is 1. The normalized spacial score (nSPS) is 10.4. The monoisotopic (exact) mass is 367 g/mol. The van der Waals surface area contributed by atoms with Gasteiger partial charge in [-0.2, -0.15) is 0 Å². The van der Waals surface area contributed by atoms with Gasteiger partial charge in [-0.1, -0.05) is 11.6 Å². The third-order valence-corrected chi connectivity index (χ3v) is 4.38. The Morgan fingerprint density at radius 1 is 1.38 bits per heavy atom. The highest BCUT2D eigenvalue weighted by atomic mass is 35.5. The van der Waals surface area contributed by atoms with E-state index >= 15 is 0 Å². The highest BCUT2D eigenvalue weighted by Crippen LogP contribution is 2.20. The number of hydrogen-bond acceptors (Lipinski definition) is 6. The first-order valence-corrected chi connectivity index (χ1v) is 8.48. The zero-order valence-electron chi connectivity index (χ0n) is 13.0. The molecule has 0 saturated carbocycles. The zero-order valence-corrected chi connectivity index (χ0v) is 14.6. The van der Waals surface area contributed by atoms with Crippen LogP contribution in [0.4, 0.5) is 0 Å². The van der Waals surface area contributed by atoms with Crippen LogP contribution < -0.4 is 15.2 Å². The summed E-state index contributed by atoms with van der Waals surface area (Å²) in [5, 5.41) is 16.1. The fourth-order valence-electron chi connectivity index (χ4n) is 1.93. The number of thiazole rings is 1. The largest absolute Gasteiger partial charge is 0.550 e. The van der Waals surface area contributed by atoms with Gasteiger partial charge in [0.1, 0.15) is 17.4 Å². The lowest BCUT2D eigenvalue weighted by Gasteiger charge is -2.08. The molecule has 0 aliphatic heterocycles. The smallest absolute Gasteiger partial charge is 0.226 e. The Kier molecular flexibility index (Phi) is 6.57. The molecule has 1 aromatic carbocycles. The maximum atomic E-state index is 11.8. The first-order valence-electron chi connectivity index (χ1n) is 7.23. The average molecular weight is 368 g/mol. The van der Waals surface area contributed by atoms with Crippen LogP contribution in [0.5, 0.6) is 5.75 Å².